The minimum Gasteiger partial charge on any atom is -0.350 e. The van der Waals surface area contributed by atoms with Gasteiger partial charge in [0.2, 0.25) is 11.8 Å². The highest BCUT2D eigenvalue weighted by Gasteiger charge is 2.28. The maximum Gasteiger partial charge on any atom is 0.269 e. The van der Waals surface area contributed by atoms with Gasteiger partial charge in [0, 0.05) is 34.4 Å². The van der Waals surface area contributed by atoms with Gasteiger partial charge in [-0.15, -0.1) is 11.8 Å². The van der Waals surface area contributed by atoms with E-state index in [9.17, 15) is 19.7 Å². The number of nitrogens with zero attached hydrogens (tertiary/aromatic N) is 2. The molecule has 32 heavy (non-hydrogen) atoms. The zero-order chi connectivity index (χ0) is 23.9. The predicted molar refractivity (Wildman–Crippen MR) is 131 cm³/mol. The largest absolute Gasteiger partial charge is 0.350 e. The van der Waals surface area contributed by atoms with E-state index in [0.717, 1.165) is 15.6 Å². The lowest BCUT2D eigenvalue weighted by atomic mass is 10.1. The standard InChI is InChI=1S/C23H28BrN3O4S/c1-16(22(29)25-23(2,3)4)26(13-18-6-5-7-19(24)12-18)21(28)15-32-14-17-8-10-20(11-9-17)27(30)31/h5-12,16H,13-15H2,1-4H3,(H,25,29)/t16-/m1/s1. The Bertz CT molecular complexity index is 960. The molecule has 2 rings (SSSR count). The van der Waals surface area contributed by atoms with Crippen LogP contribution in [0.25, 0.3) is 0 Å². The molecule has 2 aromatic rings. The van der Waals surface area contributed by atoms with E-state index in [-0.39, 0.29) is 23.3 Å². The van der Waals surface area contributed by atoms with Gasteiger partial charge < -0.3 is 10.2 Å². The molecule has 0 aliphatic heterocycles. The normalized spacial score (nSPS) is 12.2. The molecule has 0 heterocycles. The Kier molecular flexibility index (Phi) is 9.27. The first-order valence-corrected chi connectivity index (χ1v) is 12.1. The van der Waals surface area contributed by atoms with Gasteiger partial charge in [-0.05, 0) is 51.0 Å². The molecular weight excluding hydrogens is 494 g/mol. The number of nitro benzene ring substituents is 1. The number of benzene rings is 2. The highest BCUT2D eigenvalue weighted by atomic mass is 79.9. The monoisotopic (exact) mass is 521 g/mol. The predicted octanol–water partition coefficient (Wildman–Crippen LogP) is 4.92. The van der Waals surface area contributed by atoms with Gasteiger partial charge in [-0.1, -0.05) is 40.2 Å². The van der Waals surface area contributed by atoms with Crippen LogP contribution in [-0.2, 0) is 21.9 Å². The van der Waals surface area contributed by atoms with Crippen LogP contribution in [0.4, 0.5) is 5.69 Å². The molecule has 1 N–H and O–H groups in total. The molecule has 2 amide bonds. The van der Waals surface area contributed by atoms with Crippen molar-refractivity contribution in [1.29, 1.82) is 0 Å². The third-order valence-electron chi connectivity index (χ3n) is 4.55. The van der Waals surface area contributed by atoms with E-state index >= 15 is 0 Å². The van der Waals surface area contributed by atoms with Crippen molar-refractivity contribution in [2.24, 2.45) is 0 Å². The number of carbonyl (C=O) groups excluding carboxylic acids is 2. The summed E-state index contributed by atoms with van der Waals surface area (Å²) in [6, 6.07) is 13.3. The molecule has 0 radical (unpaired) electrons. The van der Waals surface area contributed by atoms with Gasteiger partial charge in [0.25, 0.3) is 5.69 Å². The van der Waals surface area contributed by atoms with E-state index in [1.54, 1.807) is 24.0 Å². The first-order valence-electron chi connectivity index (χ1n) is 10.1. The summed E-state index contributed by atoms with van der Waals surface area (Å²) in [6.45, 7) is 7.75. The maximum absolute atomic E-state index is 13.1. The third-order valence-corrected chi connectivity index (χ3v) is 6.03. The van der Waals surface area contributed by atoms with Crippen molar-refractivity contribution < 1.29 is 14.5 Å². The number of thioether (sulfide) groups is 1. The Morgan fingerprint density at radius 3 is 2.38 bits per heavy atom. The maximum atomic E-state index is 13.1. The third kappa shape index (κ3) is 8.27. The van der Waals surface area contributed by atoms with Gasteiger partial charge in [-0.25, -0.2) is 0 Å². The number of hydrogen-bond donors (Lipinski definition) is 1. The number of halogens is 1. The van der Waals surface area contributed by atoms with E-state index in [0.29, 0.717) is 12.3 Å². The second-order valence-electron chi connectivity index (χ2n) is 8.48. The zero-order valence-electron chi connectivity index (χ0n) is 18.6. The quantitative estimate of drug-likeness (QED) is 0.373. The Morgan fingerprint density at radius 1 is 1.16 bits per heavy atom. The first kappa shape index (κ1) is 25.9. The van der Waals surface area contributed by atoms with E-state index in [1.807, 2.05) is 45.0 Å². The fourth-order valence-electron chi connectivity index (χ4n) is 2.94. The Labute approximate surface area is 201 Å². The molecule has 0 spiro atoms. The minimum atomic E-state index is -0.638. The van der Waals surface area contributed by atoms with Crippen LogP contribution in [0.2, 0.25) is 0 Å². The van der Waals surface area contributed by atoms with Crippen LogP contribution in [0.1, 0.15) is 38.8 Å². The number of carbonyl (C=O) groups is 2. The molecular formula is C23H28BrN3O4S. The SMILES string of the molecule is C[C@H](C(=O)NC(C)(C)C)N(Cc1cccc(Br)c1)C(=O)CSCc1ccc([N+](=O)[O-])cc1. The van der Waals surface area contributed by atoms with E-state index in [2.05, 4.69) is 21.2 Å². The number of rotatable bonds is 9. The molecule has 9 heteroatoms. The summed E-state index contributed by atoms with van der Waals surface area (Å²) < 4.78 is 0.904. The summed E-state index contributed by atoms with van der Waals surface area (Å²) in [7, 11) is 0. The Balaban J connectivity index is 2.08. The summed E-state index contributed by atoms with van der Waals surface area (Å²) in [5, 5.41) is 13.7. The summed E-state index contributed by atoms with van der Waals surface area (Å²) in [5.74, 6) is 0.379. The topological polar surface area (TPSA) is 92.6 Å². The minimum absolute atomic E-state index is 0.0358. The van der Waals surface area contributed by atoms with Crippen molar-refractivity contribution in [1.82, 2.24) is 10.2 Å². The van der Waals surface area contributed by atoms with E-state index in [1.165, 1.54) is 23.9 Å². The average Bonchev–Trinajstić information content (AvgIpc) is 2.70. The summed E-state index contributed by atoms with van der Waals surface area (Å²) in [4.78, 5) is 37.8. The van der Waals surface area contributed by atoms with E-state index in [4.69, 9.17) is 0 Å². The summed E-state index contributed by atoms with van der Waals surface area (Å²) in [6.07, 6.45) is 0. The number of hydrogen-bond acceptors (Lipinski definition) is 5. The molecule has 0 saturated heterocycles. The van der Waals surface area contributed by atoms with Gasteiger partial charge in [-0.2, -0.15) is 0 Å². The van der Waals surface area contributed by atoms with Crippen LogP contribution >= 0.6 is 27.7 Å². The lowest BCUT2D eigenvalue weighted by molar-refractivity contribution is -0.384. The molecule has 0 aromatic heterocycles. The van der Waals surface area contributed by atoms with Crippen molar-refractivity contribution in [2.75, 3.05) is 5.75 Å². The van der Waals surface area contributed by atoms with Crippen LogP contribution in [-0.4, -0.2) is 39.0 Å². The van der Waals surface area contributed by atoms with Crippen molar-refractivity contribution in [3.8, 4) is 0 Å². The molecule has 2 aromatic carbocycles. The molecule has 0 aliphatic rings. The van der Waals surface area contributed by atoms with Gasteiger partial charge in [0.15, 0.2) is 0 Å². The number of non-ortho nitro benzene ring substituents is 1. The Morgan fingerprint density at radius 2 is 1.81 bits per heavy atom. The van der Waals surface area contributed by atoms with Gasteiger partial charge in [-0.3, -0.25) is 19.7 Å². The molecule has 7 nitrogen and oxygen atoms in total. The zero-order valence-corrected chi connectivity index (χ0v) is 21.0. The lowest BCUT2D eigenvalue weighted by Gasteiger charge is -2.31. The summed E-state index contributed by atoms with van der Waals surface area (Å²) >= 11 is 4.86. The second-order valence-corrected chi connectivity index (χ2v) is 10.4. The fourth-order valence-corrected chi connectivity index (χ4v) is 4.26. The molecule has 172 valence electrons. The molecule has 0 saturated carbocycles. The van der Waals surface area contributed by atoms with Crippen molar-refractivity contribution in [2.45, 2.75) is 51.6 Å². The Hall–Kier alpha value is -2.39. The first-order chi connectivity index (χ1) is 15.0. The highest BCUT2D eigenvalue weighted by Crippen LogP contribution is 2.20. The summed E-state index contributed by atoms with van der Waals surface area (Å²) in [5.41, 5.74) is 1.45. The lowest BCUT2D eigenvalue weighted by Crippen LogP contribution is -2.52. The smallest absolute Gasteiger partial charge is 0.269 e. The van der Waals surface area contributed by atoms with Crippen LogP contribution in [0, 0.1) is 10.1 Å². The van der Waals surface area contributed by atoms with Crippen molar-refractivity contribution in [3.63, 3.8) is 0 Å². The van der Waals surface area contributed by atoms with Gasteiger partial charge in [0.05, 0.1) is 10.7 Å². The van der Waals surface area contributed by atoms with Crippen LogP contribution in [0.5, 0.6) is 0 Å². The molecule has 1 atom stereocenters. The second kappa shape index (κ2) is 11.5. The van der Waals surface area contributed by atoms with Crippen molar-refractivity contribution >= 4 is 45.2 Å². The highest BCUT2D eigenvalue weighted by molar-refractivity contribution is 9.10. The molecule has 0 fully saturated rings. The molecule has 0 bridgehead atoms. The number of nitrogens with one attached hydrogen (secondary N) is 1. The van der Waals surface area contributed by atoms with Crippen LogP contribution < -0.4 is 5.32 Å². The van der Waals surface area contributed by atoms with Gasteiger partial charge in [0.1, 0.15) is 6.04 Å². The van der Waals surface area contributed by atoms with Gasteiger partial charge >= 0.3 is 0 Å². The fraction of sp³-hybridized carbons (Fsp3) is 0.391. The molecule has 0 aliphatic carbocycles. The average molecular weight is 522 g/mol. The number of amides is 2. The van der Waals surface area contributed by atoms with Crippen LogP contribution in [0.3, 0.4) is 0 Å². The number of nitro groups is 1. The van der Waals surface area contributed by atoms with Crippen molar-refractivity contribution in [3.05, 3.63) is 74.2 Å². The van der Waals surface area contributed by atoms with E-state index < -0.39 is 16.5 Å². The van der Waals surface area contributed by atoms with Crippen LogP contribution in [0.15, 0.2) is 53.0 Å². The molecule has 0 unspecified atom stereocenters.